The van der Waals surface area contributed by atoms with Gasteiger partial charge in [-0.3, -0.25) is 4.57 Å². The molecule has 4 rings (SSSR count). The molecule has 0 fully saturated rings. The van der Waals surface area contributed by atoms with Crippen LogP contribution in [0.15, 0.2) is 95.6 Å². The third-order valence-corrected chi connectivity index (χ3v) is 4.39. The van der Waals surface area contributed by atoms with Gasteiger partial charge >= 0.3 is 0 Å². The Balaban J connectivity index is 1.91. The molecule has 0 aliphatic heterocycles. The number of nitrogens with zero attached hydrogens (tertiary/aromatic N) is 2. The van der Waals surface area contributed by atoms with Crippen molar-refractivity contribution in [2.45, 2.75) is 0 Å². The van der Waals surface area contributed by atoms with Gasteiger partial charge in [-0.1, -0.05) is 76.6 Å². The van der Waals surface area contributed by atoms with Crippen LogP contribution < -0.4 is 0 Å². The van der Waals surface area contributed by atoms with Gasteiger partial charge in [-0.2, -0.15) is 0 Å². The Morgan fingerprint density at radius 2 is 1.38 bits per heavy atom. The van der Waals surface area contributed by atoms with Crippen molar-refractivity contribution in [3.8, 4) is 28.3 Å². The molecule has 0 N–H and O–H groups in total. The van der Waals surface area contributed by atoms with Crippen molar-refractivity contribution in [2.24, 2.45) is 0 Å². The Morgan fingerprint density at radius 1 is 0.708 bits per heavy atom. The molecule has 3 heteroatoms. The molecular formula is C21H15BrN2. The van der Waals surface area contributed by atoms with Crippen LogP contribution in [0.4, 0.5) is 0 Å². The lowest BCUT2D eigenvalue weighted by Crippen LogP contribution is -1.95. The van der Waals surface area contributed by atoms with Crippen molar-refractivity contribution in [1.29, 1.82) is 0 Å². The molecule has 116 valence electrons. The number of para-hydroxylation sites is 1. The second-order valence-electron chi connectivity index (χ2n) is 5.53. The van der Waals surface area contributed by atoms with Crippen LogP contribution >= 0.6 is 15.9 Å². The van der Waals surface area contributed by atoms with E-state index in [0.29, 0.717) is 0 Å². The zero-order valence-electron chi connectivity index (χ0n) is 12.9. The van der Waals surface area contributed by atoms with E-state index >= 15 is 0 Å². The molecular weight excluding hydrogens is 360 g/mol. The minimum atomic E-state index is 0.941. The highest BCUT2D eigenvalue weighted by atomic mass is 79.9. The highest BCUT2D eigenvalue weighted by Gasteiger charge is 2.13. The van der Waals surface area contributed by atoms with Crippen molar-refractivity contribution in [2.75, 3.05) is 0 Å². The van der Waals surface area contributed by atoms with Gasteiger partial charge < -0.3 is 0 Å². The third-order valence-electron chi connectivity index (χ3n) is 3.89. The van der Waals surface area contributed by atoms with Gasteiger partial charge in [0.2, 0.25) is 0 Å². The smallest absolute Gasteiger partial charge is 0.145 e. The van der Waals surface area contributed by atoms with E-state index in [1.807, 2.05) is 48.5 Å². The third kappa shape index (κ3) is 2.91. The van der Waals surface area contributed by atoms with Crippen molar-refractivity contribution in [1.82, 2.24) is 9.55 Å². The van der Waals surface area contributed by atoms with Gasteiger partial charge in [0.1, 0.15) is 5.82 Å². The Bertz CT molecular complexity index is 903. The largest absolute Gasteiger partial charge is 0.299 e. The maximum Gasteiger partial charge on any atom is 0.145 e. The summed E-state index contributed by atoms with van der Waals surface area (Å²) in [7, 11) is 0. The first-order valence-electron chi connectivity index (χ1n) is 7.77. The van der Waals surface area contributed by atoms with E-state index in [1.165, 1.54) is 0 Å². The van der Waals surface area contributed by atoms with Gasteiger partial charge in [0, 0.05) is 27.5 Å². The molecule has 0 radical (unpaired) electrons. The summed E-state index contributed by atoms with van der Waals surface area (Å²) in [5, 5.41) is 0. The van der Waals surface area contributed by atoms with Crippen LogP contribution in [0.25, 0.3) is 28.3 Å². The molecule has 0 atom stereocenters. The second-order valence-corrected chi connectivity index (χ2v) is 6.45. The minimum absolute atomic E-state index is 0.941. The molecule has 1 heterocycles. The van der Waals surface area contributed by atoms with Crippen LogP contribution in [0.2, 0.25) is 0 Å². The van der Waals surface area contributed by atoms with Gasteiger partial charge in [-0.15, -0.1) is 0 Å². The molecule has 0 saturated carbocycles. The Morgan fingerprint density at radius 3 is 2.08 bits per heavy atom. The average Bonchev–Trinajstić information content (AvgIpc) is 3.09. The molecule has 2 nitrogen and oxygen atoms in total. The summed E-state index contributed by atoms with van der Waals surface area (Å²) in [6.45, 7) is 0. The highest BCUT2D eigenvalue weighted by molar-refractivity contribution is 9.10. The zero-order valence-corrected chi connectivity index (χ0v) is 14.5. The normalized spacial score (nSPS) is 10.7. The molecule has 0 bridgehead atoms. The Kier molecular flexibility index (Phi) is 4.01. The molecule has 24 heavy (non-hydrogen) atoms. The lowest BCUT2D eigenvalue weighted by molar-refractivity contribution is 1.07. The van der Waals surface area contributed by atoms with Crippen LogP contribution in [0.5, 0.6) is 0 Å². The number of benzene rings is 3. The molecule has 0 aliphatic rings. The summed E-state index contributed by atoms with van der Waals surface area (Å²) in [5.41, 5.74) is 4.25. The molecule has 0 aliphatic carbocycles. The fourth-order valence-corrected chi connectivity index (χ4v) is 3.14. The average molecular weight is 375 g/mol. The lowest BCUT2D eigenvalue weighted by atomic mass is 10.2. The summed E-state index contributed by atoms with van der Waals surface area (Å²) in [6, 6.07) is 28.8. The first-order chi connectivity index (χ1) is 11.8. The molecule has 0 saturated heterocycles. The quantitative estimate of drug-likeness (QED) is 0.431. The molecule has 4 aromatic rings. The van der Waals surface area contributed by atoms with Crippen LogP contribution in [0.1, 0.15) is 0 Å². The van der Waals surface area contributed by atoms with E-state index < -0.39 is 0 Å². The number of hydrogen-bond acceptors (Lipinski definition) is 1. The highest BCUT2D eigenvalue weighted by Crippen LogP contribution is 2.28. The Hall–Kier alpha value is -2.65. The summed E-state index contributed by atoms with van der Waals surface area (Å²) in [4.78, 5) is 4.91. The van der Waals surface area contributed by atoms with E-state index in [4.69, 9.17) is 4.98 Å². The predicted molar refractivity (Wildman–Crippen MR) is 102 cm³/mol. The summed E-state index contributed by atoms with van der Waals surface area (Å²) < 4.78 is 3.20. The van der Waals surface area contributed by atoms with Crippen LogP contribution in [-0.4, -0.2) is 9.55 Å². The van der Waals surface area contributed by atoms with E-state index in [0.717, 1.165) is 32.8 Å². The maximum atomic E-state index is 4.91. The minimum Gasteiger partial charge on any atom is -0.299 e. The number of imidazole rings is 1. The Labute approximate surface area is 149 Å². The summed E-state index contributed by atoms with van der Waals surface area (Å²) in [5.74, 6) is 0.941. The zero-order chi connectivity index (χ0) is 16.4. The van der Waals surface area contributed by atoms with E-state index in [1.54, 1.807) is 0 Å². The second kappa shape index (κ2) is 6.46. The first-order valence-corrected chi connectivity index (χ1v) is 8.57. The topological polar surface area (TPSA) is 17.8 Å². The fraction of sp³-hybridized carbons (Fsp3) is 0. The summed E-state index contributed by atoms with van der Waals surface area (Å²) >= 11 is 3.54. The number of hydrogen-bond donors (Lipinski definition) is 0. The van der Waals surface area contributed by atoms with Crippen LogP contribution in [0.3, 0.4) is 0 Å². The van der Waals surface area contributed by atoms with Crippen molar-refractivity contribution in [3.63, 3.8) is 0 Å². The maximum absolute atomic E-state index is 4.91. The lowest BCUT2D eigenvalue weighted by Gasteiger charge is -2.07. The van der Waals surface area contributed by atoms with E-state index in [-0.39, 0.29) is 0 Å². The van der Waals surface area contributed by atoms with Crippen LogP contribution in [0, 0.1) is 0 Å². The number of halogens is 1. The van der Waals surface area contributed by atoms with Crippen molar-refractivity contribution >= 4 is 15.9 Å². The van der Waals surface area contributed by atoms with Gasteiger partial charge in [0.15, 0.2) is 0 Å². The SMILES string of the molecule is Brc1cccc(-c2cn(-c3ccccc3)c(-c3ccccc3)n2)c1. The fourth-order valence-electron chi connectivity index (χ4n) is 2.74. The number of aromatic nitrogens is 2. The standard InChI is InChI=1S/C21H15BrN2/c22-18-11-7-10-17(14-18)20-15-24(19-12-5-2-6-13-19)21(23-20)16-8-3-1-4-9-16/h1-15H. The van der Waals surface area contributed by atoms with Crippen LogP contribution in [-0.2, 0) is 0 Å². The van der Waals surface area contributed by atoms with Gasteiger partial charge in [-0.05, 0) is 24.3 Å². The number of rotatable bonds is 3. The molecule has 0 unspecified atom stereocenters. The van der Waals surface area contributed by atoms with Gasteiger partial charge in [0.05, 0.1) is 5.69 Å². The first kappa shape index (κ1) is 14.9. The van der Waals surface area contributed by atoms with Crippen molar-refractivity contribution in [3.05, 3.63) is 95.6 Å². The van der Waals surface area contributed by atoms with Gasteiger partial charge in [0.25, 0.3) is 0 Å². The summed E-state index contributed by atoms with van der Waals surface area (Å²) in [6.07, 6.45) is 2.10. The monoisotopic (exact) mass is 374 g/mol. The molecule has 1 aromatic heterocycles. The molecule has 0 spiro atoms. The van der Waals surface area contributed by atoms with Gasteiger partial charge in [-0.25, -0.2) is 4.98 Å². The van der Waals surface area contributed by atoms with Crippen molar-refractivity contribution < 1.29 is 0 Å². The van der Waals surface area contributed by atoms with E-state index in [2.05, 4.69) is 63.1 Å². The van der Waals surface area contributed by atoms with E-state index in [9.17, 15) is 0 Å². The molecule has 0 amide bonds. The predicted octanol–water partition coefficient (Wildman–Crippen LogP) is 5.97. The molecule has 3 aromatic carbocycles.